The van der Waals surface area contributed by atoms with Crippen LogP contribution in [0.3, 0.4) is 0 Å². The third-order valence-corrected chi connectivity index (χ3v) is 4.96. The average molecular weight is 450 g/mol. The maximum absolute atomic E-state index is 12.2. The lowest BCUT2D eigenvalue weighted by molar-refractivity contribution is 0.0147. The van der Waals surface area contributed by atoms with Crippen molar-refractivity contribution >= 4 is 12.1 Å². The van der Waals surface area contributed by atoms with Gasteiger partial charge >= 0.3 is 6.09 Å². The molecule has 2 N–H and O–H groups in total. The van der Waals surface area contributed by atoms with Crippen LogP contribution in [0.2, 0.25) is 0 Å². The SMILES string of the molecule is CCNC(=NCc1ccc(OC)c(OC)c1)NCCN1CCN(C(=O)OC(C)(C)C)CC1. The fraction of sp³-hybridized carbons (Fsp3) is 0.652. The number of hydrogen-bond acceptors (Lipinski definition) is 6. The van der Waals surface area contributed by atoms with Crippen molar-refractivity contribution < 1.29 is 19.0 Å². The quantitative estimate of drug-likeness (QED) is 0.465. The smallest absolute Gasteiger partial charge is 0.410 e. The van der Waals surface area contributed by atoms with E-state index in [1.807, 2.05) is 45.9 Å². The predicted molar refractivity (Wildman–Crippen MR) is 127 cm³/mol. The molecule has 1 fully saturated rings. The van der Waals surface area contributed by atoms with Crippen LogP contribution < -0.4 is 20.1 Å². The fourth-order valence-corrected chi connectivity index (χ4v) is 3.30. The zero-order valence-corrected chi connectivity index (χ0v) is 20.4. The maximum Gasteiger partial charge on any atom is 0.410 e. The molecule has 0 bridgehead atoms. The fourth-order valence-electron chi connectivity index (χ4n) is 3.30. The Hall–Kier alpha value is -2.68. The second-order valence-electron chi connectivity index (χ2n) is 8.62. The number of benzene rings is 1. The van der Waals surface area contributed by atoms with Crippen molar-refractivity contribution in [3.63, 3.8) is 0 Å². The largest absolute Gasteiger partial charge is 0.493 e. The second kappa shape index (κ2) is 12.4. The predicted octanol–water partition coefficient (Wildman–Crippen LogP) is 2.31. The molecule has 9 nitrogen and oxygen atoms in total. The summed E-state index contributed by atoms with van der Waals surface area (Å²) in [5.41, 5.74) is 0.579. The molecule has 1 saturated heterocycles. The number of rotatable bonds is 8. The van der Waals surface area contributed by atoms with Crippen LogP contribution in [0.1, 0.15) is 33.3 Å². The summed E-state index contributed by atoms with van der Waals surface area (Å²) in [4.78, 5) is 21.0. The van der Waals surface area contributed by atoms with Crippen LogP contribution in [-0.2, 0) is 11.3 Å². The first-order valence-electron chi connectivity index (χ1n) is 11.2. The van der Waals surface area contributed by atoms with Gasteiger partial charge in [0.15, 0.2) is 17.5 Å². The van der Waals surface area contributed by atoms with Crippen LogP contribution in [0.25, 0.3) is 0 Å². The average Bonchev–Trinajstić information content (AvgIpc) is 2.76. The Balaban J connectivity index is 1.79. The van der Waals surface area contributed by atoms with E-state index in [4.69, 9.17) is 14.2 Å². The summed E-state index contributed by atoms with van der Waals surface area (Å²) in [6, 6.07) is 5.82. The zero-order valence-electron chi connectivity index (χ0n) is 20.4. The number of ether oxygens (including phenoxy) is 3. The van der Waals surface area contributed by atoms with Crippen molar-refractivity contribution in [1.29, 1.82) is 0 Å². The molecule has 0 atom stereocenters. The number of methoxy groups -OCH3 is 2. The number of nitrogens with zero attached hydrogens (tertiary/aromatic N) is 3. The van der Waals surface area contributed by atoms with E-state index in [2.05, 4.69) is 20.5 Å². The number of nitrogens with one attached hydrogen (secondary N) is 2. The number of carbonyl (C=O) groups excluding carboxylic acids is 1. The van der Waals surface area contributed by atoms with Gasteiger partial charge < -0.3 is 29.7 Å². The Morgan fingerprint density at radius 1 is 1.06 bits per heavy atom. The van der Waals surface area contributed by atoms with E-state index in [0.717, 1.165) is 44.2 Å². The topological polar surface area (TPSA) is 87.7 Å². The molecule has 0 spiro atoms. The van der Waals surface area contributed by atoms with Crippen molar-refractivity contribution in [2.45, 2.75) is 39.8 Å². The van der Waals surface area contributed by atoms with Crippen LogP contribution in [0.4, 0.5) is 4.79 Å². The maximum atomic E-state index is 12.2. The zero-order chi connectivity index (χ0) is 23.6. The van der Waals surface area contributed by atoms with Crippen LogP contribution in [0.15, 0.2) is 23.2 Å². The van der Waals surface area contributed by atoms with Gasteiger partial charge in [-0.25, -0.2) is 9.79 Å². The number of hydrogen-bond donors (Lipinski definition) is 2. The lowest BCUT2D eigenvalue weighted by Crippen LogP contribution is -2.51. The van der Waals surface area contributed by atoms with Gasteiger partial charge in [0.05, 0.1) is 20.8 Å². The molecule has 1 aromatic carbocycles. The van der Waals surface area contributed by atoms with E-state index in [1.165, 1.54) is 0 Å². The Morgan fingerprint density at radius 3 is 2.34 bits per heavy atom. The molecule has 32 heavy (non-hydrogen) atoms. The molecule has 0 saturated carbocycles. The van der Waals surface area contributed by atoms with Gasteiger partial charge in [-0.3, -0.25) is 4.90 Å². The molecule has 2 rings (SSSR count). The summed E-state index contributed by atoms with van der Waals surface area (Å²) in [7, 11) is 3.25. The Morgan fingerprint density at radius 2 is 1.75 bits per heavy atom. The minimum absolute atomic E-state index is 0.230. The van der Waals surface area contributed by atoms with Crippen LogP contribution in [0.5, 0.6) is 11.5 Å². The highest BCUT2D eigenvalue weighted by molar-refractivity contribution is 5.79. The van der Waals surface area contributed by atoms with Crippen LogP contribution >= 0.6 is 0 Å². The summed E-state index contributed by atoms with van der Waals surface area (Å²) in [5, 5.41) is 6.67. The normalized spacial score (nSPS) is 15.3. The van der Waals surface area contributed by atoms with Gasteiger partial charge in [-0.1, -0.05) is 6.07 Å². The Bertz CT molecular complexity index is 755. The van der Waals surface area contributed by atoms with E-state index in [-0.39, 0.29) is 6.09 Å². The van der Waals surface area contributed by atoms with Gasteiger partial charge in [-0.05, 0) is 45.4 Å². The summed E-state index contributed by atoms with van der Waals surface area (Å²) in [5.74, 6) is 2.18. The van der Waals surface area contributed by atoms with Crippen molar-refractivity contribution in [2.75, 3.05) is 60.0 Å². The first-order valence-corrected chi connectivity index (χ1v) is 11.2. The number of amides is 1. The van der Waals surface area contributed by atoms with Gasteiger partial charge in [0.1, 0.15) is 5.60 Å². The molecule has 0 aromatic heterocycles. The highest BCUT2D eigenvalue weighted by atomic mass is 16.6. The van der Waals surface area contributed by atoms with E-state index in [0.29, 0.717) is 31.1 Å². The lowest BCUT2D eigenvalue weighted by atomic mass is 10.2. The number of carbonyl (C=O) groups is 1. The molecule has 0 aliphatic carbocycles. The standard InChI is InChI=1S/C23H39N5O4/c1-7-24-21(26-17-18-8-9-19(30-5)20(16-18)31-6)25-10-11-27-12-14-28(15-13-27)22(29)32-23(2,3)4/h8-9,16H,7,10-15,17H2,1-6H3,(H2,24,25,26). The molecular weight excluding hydrogens is 410 g/mol. The van der Waals surface area contributed by atoms with Gasteiger partial charge in [0, 0.05) is 45.8 Å². The summed E-state index contributed by atoms with van der Waals surface area (Å²) >= 11 is 0. The highest BCUT2D eigenvalue weighted by Gasteiger charge is 2.25. The molecule has 0 radical (unpaired) electrons. The molecule has 1 aliphatic heterocycles. The van der Waals surface area contributed by atoms with Gasteiger partial charge in [-0.2, -0.15) is 0 Å². The molecule has 1 aliphatic rings. The van der Waals surface area contributed by atoms with Crippen LogP contribution in [-0.4, -0.2) is 87.5 Å². The van der Waals surface area contributed by atoms with Crippen LogP contribution in [0, 0.1) is 0 Å². The minimum atomic E-state index is -0.461. The molecule has 9 heteroatoms. The molecule has 180 valence electrons. The van der Waals surface area contributed by atoms with Gasteiger partial charge in [0.25, 0.3) is 0 Å². The van der Waals surface area contributed by atoms with E-state index in [1.54, 1.807) is 19.1 Å². The third kappa shape index (κ3) is 8.45. The monoisotopic (exact) mass is 449 g/mol. The molecule has 1 heterocycles. The van der Waals surface area contributed by atoms with Crippen molar-refractivity contribution in [3.8, 4) is 11.5 Å². The van der Waals surface area contributed by atoms with E-state index >= 15 is 0 Å². The summed E-state index contributed by atoms with van der Waals surface area (Å²) in [6.45, 7) is 13.7. The highest BCUT2D eigenvalue weighted by Crippen LogP contribution is 2.27. The minimum Gasteiger partial charge on any atom is -0.493 e. The van der Waals surface area contributed by atoms with Crippen molar-refractivity contribution in [1.82, 2.24) is 20.4 Å². The molecular formula is C23H39N5O4. The molecule has 1 amide bonds. The lowest BCUT2D eigenvalue weighted by Gasteiger charge is -2.35. The van der Waals surface area contributed by atoms with Gasteiger partial charge in [0.2, 0.25) is 0 Å². The first kappa shape index (κ1) is 25.6. The third-order valence-electron chi connectivity index (χ3n) is 4.96. The second-order valence-corrected chi connectivity index (χ2v) is 8.62. The summed E-state index contributed by atoms with van der Waals surface area (Å²) in [6.07, 6.45) is -0.230. The molecule has 1 aromatic rings. The van der Waals surface area contributed by atoms with E-state index in [9.17, 15) is 4.79 Å². The summed E-state index contributed by atoms with van der Waals surface area (Å²) < 4.78 is 16.1. The first-order chi connectivity index (χ1) is 15.3. The number of piperazine rings is 1. The Labute approximate surface area is 192 Å². The van der Waals surface area contributed by atoms with Crippen molar-refractivity contribution in [3.05, 3.63) is 23.8 Å². The van der Waals surface area contributed by atoms with E-state index < -0.39 is 5.60 Å². The van der Waals surface area contributed by atoms with Crippen molar-refractivity contribution in [2.24, 2.45) is 4.99 Å². The number of aliphatic imine (C=N–C) groups is 1. The molecule has 0 unspecified atom stereocenters. The van der Waals surface area contributed by atoms with Gasteiger partial charge in [-0.15, -0.1) is 0 Å². The Kier molecular flexibility index (Phi) is 9.90. The number of guanidine groups is 1.